The summed E-state index contributed by atoms with van der Waals surface area (Å²) < 4.78 is 34.8. The van der Waals surface area contributed by atoms with Gasteiger partial charge in [-0.2, -0.15) is 0 Å². The van der Waals surface area contributed by atoms with E-state index in [1.165, 1.54) is 0 Å². The summed E-state index contributed by atoms with van der Waals surface area (Å²) in [6.45, 7) is 0.877. The van der Waals surface area contributed by atoms with Crippen molar-refractivity contribution >= 4 is 7.82 Å². The van der Waals surface area contributed by atoms with E-state index in [0.717, 1.165) is 11.1 Å². The molecule has 1 saturated heterocycles. The fourth-order valence-corrected chi connectivity index (χ4v) is 3.66. The lowest BCUT2D eigenvalue weighted by atomic mass is 9.88. The zero-order chi connectivity index (χ0) is 18.3. The van der Waals surface area contributed by atoms with Gasteiger partial charge in [-0.25, -0.2) is 4.57 Å². The van der Waals surface area contributed by atoms with Crippen LogP contribution in [-0.4, -0.2) is 31.5 Å². The van der Waals surface area contributed by atoms with Crippen molar-refractivity contribution in [3.8, 4) is 0 Å². The number of phosphoric acid groups is 1. The zero-order valence-electron chi connectivity index (χ0n) is 14.5. The molecule has 0 unspecified atom stereocenters. The maximum Gasteiger partial charge on any atom is 0.475 e. The lowest BCUT2D eigenvalue weighted by Crippen LogP contribution is -2.49. The molecule has 140 valence electrons. The average molecular weight is 378 g/mol. The van der Waals surface area contributed by atoms with Crippen LogP contribution in [0.1, 0.15) is 11.1 Å². The summed E-state index contributed by atoms with van der Waals surface area (Å²) in [7, 11) is -3.81. The molecule has 1 aliphatic rings. The van der Waals surface area contributed by atoms with E-state index in [0.29, 0.717) is 13.2 Å². The van der Waals surface area contributed by atoms with Crippen LogP contribution in [0.5, 0.6) is 0 Å². The first kappa shape index (κ1) is 19.2. The molecule has 1 heterocycles. The molecule has 0 aliphatic carbocycles. The highest BCUT2D eigenvalue weighted by atomic mass is 31.2. The molecule has 6 nitrogen and oxygen atoms in total. The minimum atomic E-state index is -3.81. The average Bonchev–Trinajstić information content (AvgIpc) is 2.66. The number of aliphatic hydroxyl groups excluding tert-OH is 1. The third kappa shape index (κ3) is 5.24. The third-order valence-corrected chi connectivity index (χ3v) is 5.48. The Labute approximate surface area is 153 Å². The van der Waals surface area contributed by atoms with Gasteiger partial charge in [0.25, 0.3) is 0 Å². The first-order valence-electron chi connectivity index (χ1n) is 8.43. The molecule has 1 N–H and O–H groups in total. The van der Waals surface area contributed by atoms with Crippen LogP contribution in [0.4, 0.5) is 0 Å². The van der Waals surface area contributed by atoms with Gasteiger partial charge in [0.1, 0.15) is 0 Å². The number of ether oxygens (including phenoxy) is 1. The first-order chi connectivity index (χ1) is 12.6. The molecule has 2 aromatic rings. The second-order valence-electron chi connectivity index (χ2n) is 6.39. The van der Waals surface area contributed by atoms with Crippen molar-refractivity contribution in [2.45, 2.75) is 13.2 Å². The van der Waals surface area contributed by atoms with E-state index in [1.54, 1.807) is 0 Å². The van der Waals surface area contributed by atoms with Crippen molar-refractivity contribution in [3.63, 3.8) is 0 Å². The Morgan fingerprint density at radius 1 is 0.885 bits per heavy atom. The molecule has 0 saturated carbocycles. The van der Waals surface area contributed by atoms with E-state index < -0.39 is 13.2 Å². The molecule has 0 bridgehead atoms. The minimum absolute atomic E-state index is 0.0460. The Morgan fingerprint density at radius 3 is 1.77 bits per heavy atom. The van der Waals surface area contributed by atoms with Crippen molar-refractivity contribution < 1.29 is 28.0 Å². The molecular formula is C19H23O6P. The van der Waals surface area contributed by atoms with E-state index in [-0.39, 0.29) is 26.4 Å². The predicted octanol–water partition coefficient (Wildman–Crippen LogP) is 3.55. The molecule has 0 amide bonds. The van der Waals surface area contributed by atoms with E-state index in [9.17, 15) is 9.67 Å². The van der Waals surface area contributed by atoms with Crippen LogP contribution < -0.4 is 0 Å². The van der Waals surface area contributed by atoms with Crippen LogP contribution in [0.3, 0.4) is 0 Å². The molecule has 0 aromatic heterocycles. The lowest BCUT2D eigenvalue weighted by molar-refractivity contribution is -0.156. The van der Waals surface area contributed by atoms with E-state index in [2.05, 4.69) is 0 Å². The molecule has 26 heavy (non-hydrogen) atoms. The molecule has 1 fully saturated rings. The highest BCUT2D eigenvalue weighted by Crippen LogP contribution is 2.52. The highest BCUT2D eigenvalue weighted by Gasteiger charge is 2.41. The topological polar surface area (TPSA) is 74.2 Å². The largest absolute Gasteiger partial charge is 0.475 e. The number of aliphatic hydroxyl groups is 1. The van der Waals surface area contributed by atoms with Crippen LogP contribution in [0.2, 0.25) is 0 Å². The molecule has 7 heteroatoms. The van der Waals surface area contributed by atoms with Gasteiger partial charge in [0.2, 0.25) is 0 Å². The van der Waals surface area contributed by atoms with Crippen molar-refractivity contribution in [1.29, 1.82) is 0 Å². The van der Waals surface area contributed by atoms with Crippen LogP contribution in [0, 0.1) is 5.41 Å². The summed E-state index contributed by atoms with van der Waals surface area (Å²) >= 11 is 0. The van der Waals surface area contributed by atoms with Gasteiger partial charge in [-0.15, -0.1) is 0 Å². The van der Waals surface area contributed by atoms with E-state index >= 15 is 0 Å². The van der Waals surface area contributed by atoms with Crippen molar-refractivity contribution in [2.75, 3.05) is 26.4 Å². The van der Waals surface area contributed by atoms with Crippen LogP contribution in [0.25, 0.3) is 0 Å². The standard InChI is InChI=1S/C19H23O6P/c20-13-19(14-22-15-19)16-25-26(21,23-11-17-7-3-1-4-8-17)24-12-18-9-5-2-6-10-18/h1-10,20H,11-16H2. The number of hydrogen-bond donors (Lipinski definition) is 1. The third-order valence-electron chi connectivity index (χ3n) is 4.15. The number of benzene rings is 2. The molecule has 0 spiro atoms. The zero-order valence-corrected chi connectivity index (χ0v) is 15.3. The molecular weight excluding hydrogens is 355 g/mol. The van der Waals surface area contributed by atoms with Crippen molar-refractivity contribution in [3.05, 3.63) is 71.8 Å². The van der Waals surface area contributed by atoms with Crippen LogP contribution in [-0.2, 0) is 36.1 Å². The number of rotatable bonds is 10. The molecule has 0 radical (unpaired) electrons. The van der Waals surface area contributed by atoms with Gasteiger partial charge in [0.05, 0.1) is 45.1 Å². The fourth-order valence-electron chi connectivity index (χ4n) is 2.39. The van der Waals surface area contributed by atoms with Gasteiger partial charge in [0.15, 0.2) is 0 Å². The van der Waals surface area contributed by atoms with Crippen LogP contribution >= 0.6 is 7.82 Å². The molecule has 3 rings (SSSR count). The van der Waals surface area contributed by atoms with Crippen molar-refractivity contribution in [1.82, 2.24) is 0 Å². The summed E-state index contributed by atoms with van der Waals surface area (Å²) in [4.78, 5) is 0. The Hall–Kier alpha value is -1.53. The Kier molecular flexibility index (Phi) is 6.59. The van der Waals surface area contributed by atoms with E-state index in [1.807, 2.05) is 60.7 Å². The van der Waals surface area contributed by atoms with Gasteiger partial charge < -0.3 is 9.84 Å². The Bertz CT molecular complexity index is 664. The molecule has 1 aliphatic heterocycles. The quantitative estimate of drug-likeness (QED) is 0.638. The Morgan fingerprint density at radius 2 is 1.38 bits per heavy atom. The van der Waals surface area contributed by atoms with Gasteiger partial charge in [-0.05, 0) is 11.1 Å². The summed E-state index contributed by atoms with van der Waals surface area (Å²) in [5.74, 6) is 0. The monoisotopic (exact) mass is 378 g/mol. The SMILES string of the molecule is O=P(OCc1ccccc1)(OCc1ccccc1)OCC1(CO)COC1. The van der Waals surface area contributed by atoms with Crippen molar-refractivity contribution in [2.24, 2.45) is 5.41 Å². The molecule has 2 aromatic carbocycles. The van der Waals surface area contributed by atoms with E-state index in [4.69, 9.17) is 18.3 Å². The Balaban J connectivity index is 1.63. The predicted molar refractivity (Wildman–Crippen MR) is 96.4 cm³/mol. The number of hydrogen-bond acceptors (Lipinski definition) is 6. The second kappa shape index (κ2) is 8.91. The lowest BCUT2D eigenvalue weighted by Gasteiger charge is -2.39. The highest BCUT2D eigenvalue weighted by molar-refractivity contribution is 7.48. The van der Waals surface area contributed by atoms with Gasteiger partial charge in [0, 0.05) is 0 Å². The summed E-state index contributed by atoms with van der Waals surface area (Å²) in [5, 5.41) is 9.52. The second-order valence-corrected chi connectivity index (χ2v) is 8.06. The minimum Gasteiger partial charge on any atom is -0.396 e. The fraction of sp³-hybridized carbons (Fsp3) is 0.368. The van der Waals surface area contributed by atoms with Gasteiger partial charge in [-0.1, -0.05) is 60.7 Å². The maximum absolute atomic E-state index is 13.1. The van der Waals surface area contributed by atoms with Gasteiger partial charge in [-0.3, -0.25) is 13.6 Å². The summed E-state index contributed by atoms with van der Waals surface area (Å²) in [6.07, 6.45) is 0. The summed E-state index contributed by atoms with van der Waals surface area (Å²) in [6, 6.07) is 18.8. The maximum atomic E-state index is 13.1. The number of phosphoric ester groups is 1. The summed E-state index contributed by atoms with van der Waals surface area (Å²) in [5.41, 5.74) is 1.19. The van der Waals surface area contributed by atoms with Crippen LogP contribution in [0.15, 0.2) is 60.7 Å². The normalized spacial score (nSPS) is 16.2. The first-order valence-corrected chi connectivity index (χ1v) is 9.89. The molecule has 0 atom stereocenters. The smallest absolute Gasteiger partial charge is 0.396 e. The van der Waals surface area contributed by atoms with Gasteiger partial charge >= 0.3 is 7.82 Å².